The van der Waals surface area contributed by atoms with E-state index in [1.165, 1.54) is 32.1 Å². The van der Waals surface area contributed by atoms with E-state index in [1.807, 2.05) is 4.90 Å². The number of carbonyl (C=O) groups is 1. The van der Waals surface area contributed by atoms with Crippen LogP contribution in [0.5, 0.6) is 0 Å². The Balaban J connectivity index is 1.58. The maximum absolute atomic E-state index is 12.8. The lowest BCUT2D eigenvalue weighted by atomic mass is 9.67. The van der Waals surface area contributed by atoms with Crippen molar-refractivity contribution in [1.29, 1.82) is 0 Å². The first-order chi connectivity index (χ1) is 10.1. The minimum absolute atomic E-state index is 0.217. The summed E-state index contributed by atoms with van der Waals surface area (Å²) in [6.07, 6.45) is 8.59. The second-order valence-electron chi connectivity index (χ2n) is 6.86. The molecule has 0 bridgehead atoms. The van der Waals surface area contributed by atoms with E-state index in [-0.39, 0.29) is 12.0 Å². The van der Waals surface area contributed by atoms with Crippen LogP contribution in [0.2, 0.25) is 0 Å². The number of hydrogen-bond acceptors (Lipinski definition) is 3. The summed E-state index contributed by atoms with van der Waals surface area (Å²) in [5, 5.41) is 0. The summed E-state index contributed by atoms with van der Waals surface area (Å²) in [7, 11) is 0. The molecular weight excluding hydrogens is 284 g/mol. The average molecular weight is 310 g/mol. The second-order valence-corrected chi connectivity index (χ2v) is 7.33. The minimum Gasteiger partial charge on any atom is -0.391 e. The van der Waals surface area contributed by atoms with Crippen LogP contribution in [-0.2, 0) is 9.53 Å². The highest BCUT2D eigenvalue weighted by molar-refractivity contribution is 7.80. The van der Waals surface area contributed by atoms with Gasteiger partial charge in [-0.15, -0.1) is 0 Å². The lowest BCUT2D eigenvalue weighted by Crippen LogP contribution is -2.52. The molecule has 0 spiro atoms. The zero-order valence-corrected chi connectivity index (χ0v) is 13.4. The van der Waals surface area contributed by atoms with Crippen LogP contribution < -0.4 is 5.73 Å². The van der Waals surface area contributed by atoms with Crippen LogP contribution in [0.1, 0.15) is 44.9 Å². The molecule has 0 aromatic rings. The fourth-order valence-corrected chi connectivity index (χ4v) is 4.52. The van der Waals surface area contributed by atoms with E-state index in [9.17, 15) is 4.79 Å². The standard InChI is InChI=1S/C16H26N2O2S/c17-15(21)14-10-18(7-8-20-14)16(19)13-6-5-11-3-1-2-4-12(11)9-13/h11-14H,1-10H2,(H2,17,21). The molecule has 118 valence electrons. The Morgan fingerprint density at radius 1 is 1.14 bits per heavy atom. The van der Waals surface area contributed by atoms with Crippen LogP contribution in [0.3, 0.4) is 0 Å². The monoisotopic (exact) mass is 310 g/mol. The Labute approximate surface area is 132 Å². The molecule has 0 radical (unpaired) electrons. The van der Waals surface area contributed by atoms with Gasteiger partial charge in [0.2, 0.25) is 5.91 Å². The van der Waals surface area contributed by atoms with Crippen molar-refractivity contribution in [3.05, 3.63) is 0 Å². The Kier molecular flexibility index (Phi) is 4.79. The van der Waals surface area contributed by atoms with E-state index in [0.29, 0.717) is 30.6 Å². The number of hydrogen-bond donors (Lipinski definition) is 1. The quantitative estimate of drug-likeness (QED) is 0.794. The fraction of sp³-hybridized carbons (Fsp3) is 0.875. The summed E-state index contributed by atoms with van der Waals surface area (Å²) in [5.74, 6) is 2.20. The molecule has 3 aliphatic rings. The number of fused-ring (bicyclic) bond motifs is 1. The second kappa shape index (κ2) is 6.61. The molecule has 4 atom stereocenters. The molecule has 2 aliphatic carbocycles. The molecule has 3 rings (SSSR count). The maximum atomic E-state index is 12.8. The molecule has 1 saturated heterocycles. The van der Waals surface area contributed by atoms with Gasteiger partial charge < -0.3 is 15.4 Å². The third-order valence-corrected chi connectivity index (χ3v) is 5.85. The van der Waals surface area contributed by atoms with Crippen molar-refractivity contribution in [2.24, 2.45) is 23.5 Å². The van der Waals surface area contributed by atoms with Gasteiger partial charge in [0.05, 0.1) is 13.2 Å². The number of rotatable bonds is 2. The largest absolute Gasteiger partial charge is 0.391 e. The Morgan fingerprint density at radius 3 is 2.67 bits per heavy atom. The molecule has 3 fully saturated rings. The van der Waals surface area contributed by atoms with Crippen LogP contribution >= 0.6 is 12.2 Å². The van der Waals surface area contributed by atoms with Gasteiger partial charge in [-0.05, 0) is 31.1 Å². The van der Waals surface area contributed by atoms with Crippen LogP contribution in [0.4, 0.5) is 0 Å². The average Bonchev–Trinajstić information content (AvgIpc) is 2.53. The van der Waals surface area contributed by atoms with E-state index >= 15 is 0 Å². The van der Waals surface area contributed by atoms with Crippen molar-refractivity contribution < 1.29 is 9.53 Å². The van der Waals surface area contributed by atoms with Crippen molar-refractivity contribution in [2.75, 3.05) is 19.7 Å². The van der Waals surface area contributed by atoms with Crippen molar-refractivity contribution >= 4 is 23.1 Å². The fourth-order valence-electron chi connectivity index (χ4n) is 4.38. The number of carbonyl (C=O) groups excluding carboxylic acids is 1. The molecular formula is C16H26N2O2S. The van der Waals surface area contributed by atoms with Gasteiger partial charge in [-0.3, -0.25) is 4.79 Å². The van der Waals surface area contributed by atoms with Crippen molar-refractivity contribution in [1.82, 2.24) is 4.90 Å². The maximum Gasteiger partial charge on any atom is 0.225 e. The van der Waals surface area contributed by atoms with Gasteiger partial charge in [0.15, 0.2) is 0 Å². The lowest BCUT2D eigenvalue weighted by Gasteiger charge is -2.41. The van der Waals surface area contributed by atoms with Crippen LogP contribution in [0.25, 0.3) is 0 Å². The van der Waals surface area contributed by atoms with E-state index < -0.39 is 0 Å². The summed E-state index contributed by atoms with van der Waals surface area (Å²) in [6.45, 7) is 1.77. The molecule has 0 aromatic carbocycles. The molecule has 2 saturated carbocycles. The van der Waals surface area contributed by atoms with E-state index in [1.54, 1.807) is 0 Å². The van der Waals surface area contributed by atoms with Crippen molar-refractivity contribution in [3.8, 4) is 0 Å². The summed E-state index contributed by atoms with van der Waals surface area (Å²) in [6, 6.07) is 0. The zero-order valence-electron chi connectivity index (χ0n) is 12.6. The SMILES string of the molecule is NC(=S)C1CN(C(=O)C2CCC3CCCCC3C2)CCO1. The van der Waals surface area contributed by atoms with Gasteiger partial charge in [-0.25, -0.2) is 0 Å². The van der Waals surface area contributed by atoms with E-state index in [4.69, 9.17) is 22.7 Å². The Morgan fingerprint density at radius 2 is 1.90 bits per heavy atom. The number of nitrogens with zero attached hydrogens (tertiary/aromatic N) is 1. The summed E-state index contributed by atoms with van der Waals surface area (Å²) in [4.78, 5) is 15.1. The first-order valence-corrected chi connectivity index (χ1v) is 8.75. The van der Waals surface area contributed by atoms with Crippen LogP contribution in [-0.4, -0.2) is 41.6 Å². The molecule has 1 amide bonds. The summed E-state index contributed by atoms with van der Waals surface area (Å²) < 4.78 is 5.53. The predicted octanol–water partition coefficient (Wildman–Crippen LogP) is 2.11. The normalized spacial score (nSPS) is 36.9. The third-order valence-electron chi connectivity index (χ3n) is 5.58. The molecule has 21 heavy (non-hydrogen) atoms. The van der Waals surface area contributed by atoms with Crippen molar-refractivity contribution in [2.45, 2.75) is 51.0 Å². The number of ether oxygens (including phenoxy) is 1. The smallest absolute Gasteiger partial charge is 0.225 e. The summed E-state index contributed by atoms with van der Waals surface area (Å²) >= 11 is 5.00. The van der Waals surface area contributed by atoms with Gasteiger partial charge in [0, 0.05) is 12.5 Å². The van der Waals surface area contributed by atoms with Crippen LogP contribution in [0, 0.1) is 17.8 Å². The molecule has 4 nitrogen and oxygen atoms in total. The highest BCUT2D eigenvalue weighted by Crippen LogP contribution is 2.43. The minimum atomic E-state index is -0.260. The molecule has 1 aliphatic heterocycles. The molecule has 4 unspecified atom stereocenters. The first-order valence-electron chi connectivity index (χ1n) is 8.35. The lowest BCUT2D eigenvalue weighted by molar-refractivity contribution is -0.143. The first kappa shape index (κ1) is 15.2. The Hall–Kier alpha value is -0.680. The number of nitrogens with two attached hydrogens (primary N) is 1. The van der Waals surface area contributed by atoms with E-state index in [0.717, 1.165) is 24.7 Å². The molecule has 5 heteroatoms. The number of thiocarbonyl (C=S) groups is 1. The number of amides is 1. The summed E-state index contributed by atoms with van der Waals surface area (Å²) in [5.41, 5.74) is 5.66. The Bertz CT molecular complexity index is 415. The zero-order chi connectivity index (χ0) is 14.8. The van der Waals surface area contributed by atoms with Crippen molar-refractivity contribution in [3.63, 3.8) is 0 Å². The molecule has 2 N–H and O–H groups in total. The molecule has 1 heterocycles. The topological polar surface area (TPSA) is 55.6 Å². The van der Waals surface area contributed by atoms with Crippen LogP contribution in [0.15, 0.2) is 0 Å². The van der Waals surface area contributed by atoms with Gasteiger partial charge in [-0.2, -0.15) is 0 Å². The third kappa shape index (κ3) is 3.39. The van der Waals surface area contributed by atoms with Gasteiger partial charge in [-0.1, -0.05) is 37.9 Å². The number of morpholine rings is 1. The van der Waals surface area contributed by atoms with E-state index in [2.05, 4.69) is 0 Å². The highest BCUT2D eigenvalue weighted by Gasteiger charge is 2.37. The van der Waals surface area contributed by atoms with Gasteiger partial charge in [0.25, 0.3) is 0 Å². The highest BCUT2D eigenvalue weighted by atomic mass is 32.1. The predicted molar refractivity (Wildman–Crippen MR) is 85.9 cm³/mol. The van der Waals surface area contributed by atoms with Gasteiger partial charge in [0.1, 0.15) is 11.1 Å². The molecule has 0 aromatic heterocycles. The van der Waals surface area contributed by atoms with Gasteiger partial charge >= 0.3 is 0 Å².